The molecule has 4 rings (SSSR count). The third-order valence-corrected chi connectivity index (χ3v) is 7.56. The van der Waals surface area contributed by atoms with E-state index in [-0.39, 0.29) is 5.91 Å². The van der Waals surface area contributed by atoms with Gasteiger partial charge in [-0.1, -0.05) is 53.8 Å². The van der Waals surface area contributed by atoms with Gasteiger partial charge in [0.15, 0.2) is 15.8 Å². The van der Waals surface area contributed by atoms with Gasteiger partial charge in [0.2, 0.25) is 0 Å². The molecular formula is C26H21ClINO4S2. The minimum atomic E-state index is -0.169. The molecule has 3 aromatic rings. The van der Waals surface area contributed by atoms with Crippen molar-refractivity contribution in [3.63, 3.8) is 0 Å². The van der Waals surface area contributed by atoms with Crippen LogP contribution in [0.4, 0.5) is 5.69 Å². The van der Waals surface area contributed by atoms with E-state index in [4.69, 9.17) is 38.0 Å². The second kappa shape index (κ2) is 11.6. The summed E-state index contributed by atoms with van der Waals surface area (Å²) in [5, 5.41) is 0.649. The Bertz CT molecular complexity index is 1300. The molecule has 1 fully saturated rings. The summed E-state index contributed by atoms with van der Waals surface area (Å²) in [6.45, 7) is 2.70. The number of benzene rings is 3. The number of carbonyl (C=O) groups excluding carboxylic acids is 1. The van der Waals surface area contributed by atoms with Crippen LogP contribution in [0.2, 0.25) is 5.02 Å². The number of thioether (sulfide) groups is 1. The Morgan fingerprint density at radius 3 is 2.54 bits per heavy atom. The second-order valence-corrected chi connectivity index (χ2v) is 10.6. The highest BCUT2D eigenvalue weighted by Gasteiger charge is 2.33. The number of amides is 1. The molecule has 1 amide bonds. The van der Waals surface area contributed by atoms with Crippen molar-refractivity contribution in [3.8, 4) is 17.2 Å². The first-order valence-corrected chi connectivity index (χ1v) is 13.3. The zero-order valence-electron chi connectivity index (χ0n) is 18.9. The smallest absolute Gasteiger partial charge is 0.270 e. The molecule has 1 aliphatic heterocycles. The normalized spacial score (nSPS) is 14.5. The maximum atomic E-state index is 13.2. The highest BCUT2D eigenvalue weighted by atomic mass is 127. The molecule has 9 heteroatoms. The van der Waals surface area contributed by atoms with Crippen molar-refractivity contribution in [2.45, 2.75) is 13.5 Å². The predicted octanol–water partition coefficient (Wildman–Crippen LogP) is 7.34. The maximum absolute atomic E-state index is 13.2. The van der Waals surface area contributed by atoms with Crippen molar-refractivity contribution in [1.82, 2.24) is 0 Å². The van der Waals surface area contributed by atoms with Crippen molar-refractivity contribution in [1.29, 1.82) is 0 Å². The summed E-state index contributed by atoms with van der Waals surface area (Å²) in [6.07, 6.45) is 1.82. The van der Waals surface area contributed by atoms with Gasteiger partial charge < -0.3 is 14.2 Å². The molecule has 0 N–H and O–H groups in total. The van der Waals surface area contributed by atoms with Crippen LogP contribution in [0.5, 0.6) is 17.2 Å². The van der Waals surface area contributed by atoms with Crippen LogP contribution in [0.1, 0.15) is 18.1 Å². The molecule has 35 heavy (non-hydrogen) atoms. The monoisotopic (exact) mass is 637 g/mol. The van der Waals surface area contributed by atoms with Crippen molar-refractivity contribution in [2.24, 2.45) is 0 Å². The van der Waals surface area contributed by atoms with Gasteiger partial charge in [-0.15, -0.1) is 0 Å². The number of anilines is 1. The van der Waals surface area contributed by atoms with E-state index in [0.717, 1.165) is 14.7 Å². The molecule has 0 bridgehead atoms. The van der Waals surface area contributed by atoms with E-state index in [9.17, 15) is 4.79 Å². The summed E-state index contributed by atoms with van der Waals surface area (Å²) in [4.78, 5) is 15.2. The third kappa shape index (κ3) is 5.94. The van der Waals surface area contributed by atoms with E-state index in [0.29, 0.717) is 50.4 Å². The summed E-state index contributed by atoms with van der Waals surface area (Å²) >= 11 is 15.3. The first kappa shape index (κ1) is 25.8. The summed E-state index contributed by atoms with van der Waals surface area (Å²) in [6, 6.07) is 18.6. The molecule has 0 aromatic heterocycles. The van der Waals surface area contributed by atoms with E-state index in [1.807, 2.05) is 61.5 Å². The number of hydrogen-bond donors (Lipinski definition) is 0. The number of rotatable bonds is 8. The number of thiocarbonyl (C=S) groups is 1. The molecule has 1 heterocycles. The van der Waals surface area contributed by atoms with E-state index in [1.165, 1.54) is 16.7 Å². The Labute approximate surface area is 232 Å². The molecular weight excluding hydrogens is 617 g/mol. The van der Waals surface area contributed by atoms with Crippen LogP contribution in [0.15, 0.2) is 65.6 Å². The van der Waals surface area contributed by atoms with Crippen molar-refractivity contribution < 1.29 is 19.0 Å². The molecule has 0 saturated carbocycles. The number of hydrogen-bond acceptors (Lipinski definition) is 6. The Hall–Kier alpha value is -2.27. The van der Waals surface area contributed by atoms with E-state index in [1.54, 1.807) is 19.2 Å². The van der Waals surface area contributed by atoms with Gasteiger partial charge in [-0.3, -0.25) is 9.69 Å². The third-order valence-electron chi connectivity index (χ3n) is 5.08. The van der Waals surface area contributed by atoms with Gasteiger partial charge in [-0.25, -0.2) is 0 Å². The van der Waals surface area contributed by atoms with Gasteiger partial charge in [0.25, 0.3) is 5.91 Å². The molecule has 0 unspecified atom stereocenters. The number of carbonyl (C=O) groups is 1. The fourth-order valence-electron chi connectivity index (χ4n) is 3.41. The van der Waals surface area contributed by atoms with Crippen LogP contribution in [0.3, 0.4) is 0 Å². The fourth-order valence-corrected chi connectivity index (χ4v) is 5.68. The Morgan fingerprint density at radius 1 is 1.11 bits per heavy atom. The number of ether oxygens (including phenoxy) is 3. The van der Waals surface area contributed by atoms with Crippen LogP contribution in [-0.2, 0) is 11.4 Å². The Morgan fingerprint density at radius 2 is 1.86 bits per heavy atom. The zero-order valence-corrected chi connectivity index (χ0v) is 23.5. The lowest BCUT2D eigenvalue weighted by molar-refractivity contribution is -0.113. The van der Waals surface area contributed by atoms with E-state index >= 15 is 0 Å². The summed E-state index contributed by atoms with van der Waals surface area (Å²) in [5.74, 6) is 1.78. The Kier molecular flexibility index (Phi) is 8.59. The first-order chi connectivity index (χ1) is 16.9. The lowest BCUT2D eigenvalue weighted by Crippen LogP contribution is -2.27. The van der Waals surface area contributed by atoms with E-state index < -0.39 is 0 Å². The number of nitrogens with zero attached hydrogens (tertiary/aromatic N) is 1. The standard InChI is InChI=1S/C26H21ClINO4S2/c1-3-32-22-13-16(12-21(28)24(22)33-15-17-6-4-5-7-20(17)27)14-23-25(30)29(26(34)35-23)18-8-10-19(31-2)11-9-18/h4-14H,3,15H2,1-2H3/b23-14-. The molecule has 180 valence electrons. The van der Waals surface area contributed by atoms with Crippen molar-refractivity contribution >= 4 is 80.2 Å². The molecule has 3 aromatic carbocycles. The van der Waals surface area contributed by atoms with Gasteiger partial charge in [0.1, 0.15) is 12.4 Å². The highest BCUT2D eigenvalue weighted by molar-refractivity contribution is 14.1. The lowest BCUT2D eigenvalue weighted by Gasteiger charge is -2.16. The maximum Gasteiger partial charge on any atom is 0.270 e. The number of halogens is 2. The quantitative estimate of drug-likeness (QED) is 0.146. The molecule has 0 atom stereocenters. The van der Waals surface area contributed by atoms with Crippen molar-refractivity contribution in [2.75, 3.05) is 18.6 Å². The minimum absolute atomic E-state index is 0.169. The van der Waals surface area contributed by atoms with Gasteiger partial charge in [-0.05, 0) is 83.6 Å². The van der Waals surface area contributed by atoms with Gasteiger partial charge in [0.05, 0.1) is 27.9 Å². The minimum Gasteiger partial charge on any atom is -0.497 e. The van der Waals surface area contributed by atoms with Crippen LogP contribution in [-0.4, -0.2) is 23.9 Å². The van der Waals surface area contributed by atoms with Crippen LogP contribution < -0.4 is 19.1 Å². The molecule has 0 aliphatic carbocycles. The van der Waals surface area contributed by atoms with E-state index in [2.05, 4.69) is 22.6 Å². The molecule has 0 spiro atoms. The van der Waals surface area contributed by atoms with Crippen molar-refractivity contribution in [3.05, 3.63) is 85.3 Å². The summed E-state index contributed by atoms with van der Waals surface area (Å²) < 4.78 is 18.5. The first-order valence-electron chi connectivity index (χ1n) is 10.7. The van der Waals surface area contributed by atoms with Gasteiger partial charge >= 0.3 is 0 Å². The predicted molar refractivity (Wildman–Crippen MR) is 155 cm³/mol. The second-order valence-electron chi connectivity index (χ2n) is 7.36. The van der Waals surface area contributed by atoms with Gasteiger partial charge in [-0.2, -0.15) is 0 Å². The Balaban J connectivity index is 1.59. The lowest BCUT2D eigenvalue weighted by atomic mass is 10.1. The topological polar surface area (TPSA) is 48.0 Å². The van der Waals surface area contributed by atoms with Crippen LogP contribution in [0.25, 0.3) is 6.08 Å². The average Bonchev–Trinajstić information content (AvgIpc) is 3.12. The average molecular weight is 638 g/mol. The van der Waals surface area contributed by atoms with Crippen LogP contribution >= 0.6 is 58.2 Å². The highest BCUT2D eigenvalue weighted by Crippen LogP contribution is 2.39. The fraction of sp³-hybridized carbons (Fsp3) is 0.154. The molecule has 5 nitrogen and oxygen atoms in total. The SMILES string of the molecule is CCOc1cc(/C=C2\SC(=S)N(c3ccc(OC)cc3)C2=O)cc(I)c1OCc1ccccc1Cl. The van der Waals surface area contributed by atoms with Gasteiger partial charge in [0, 0.05) is 10.6 Å². The van der Waals surface area contributed by atoms with Crippen LogP contribution in [0, 0.1) is 3.57 Å². The summed E-state index contributed by atoms with van der Waals surface area (Å²) in [5.41, 5.74) is 2.40. The zero-order chi connectivity index (χ0) is 24.9. The number of methoxy groups -OCH3 is 1. The molecule has 1 aliphatic rings. The molecule has 1 saturated heterocycles. The largest absolute Gasteiger partial charge is 0.497 e. The molecule has 0 radical (unpaired) electrons. The summed E-state index contributed by atoms with van der Waals surface area (Å²) in [7, 11) is 1.60.